The number of allylic oxidation sites excluding steroid dienone is 1. The third kappa shape index (κ3) is 4.01. The van der Waals surface area contributed by atoms with Gasteiger partial charge in [0.1, 0.15) is 28.6 Å². The third-order valence-corrected chi connectivity index (χ3v) is 6.30. The lowest BCUT2D eigenvalue weighted by atomic mass is 9.93. The molecule has 34 heavy (non-hydrogen) atoms. The molecule has 3 aromatic rings. The first-order valence-electron chi connectivity index (χ1n) is 11.4. The van der Waals surface area contributed by atoms with Gasteiger partial charge in [-0.05, 0) is 44.0 Å². The van der Waals surface area contributed by atoms with Gasteiger partial charge in [0.2, 0.25) is 5.91 Å². The second-order valence-corrected chi connectivity index (χ2v) is 8.48. The molecule has 1 fully saturated rings. The maximum absolute atomic E-state index is 12.6. The summed E-state index contributed by atoms with van der Waals surface area (Å²) < 4.78 is 43.7. The van der Waals surface area contributed by atoms with Crippen molar-refractivity contribution >= 4 is 17.1 Å². The Bertz CT molecular complexity index is 1270. The molecular weight excluding hydrogens is 447 g/mol. The molecule has 0 spiro atoms. The smallest absolute Gasteiger partial charge is 0.406 e. The molecular formula is C24H24F3N5O2. The predicted molar refractivity (Wildman–Crippen MR) is 119 cm³/mol. The van der Waals surface area contributed by atoms with Crippen LogP contribution in [-0.4, -0.2) is 49.8 Å². The molecule has 2 aliphatic rings. The van der Waals surface area contributed by atoms with Gasteiger partial charge in [-0.15, -0.1) is 13.2 Å². The van der Waals surface area contributed by atoms with Crippen LogP contribution in [0.3, 0.4) is 0 Å². The van der Waals surface area contributed by atoms with Crippen molar-refractivity contribution in [2.45, 2.75) is 51.9 Å². The van der Waals surface area contributed by atoms with E-state index in [1.54, 1.807) is 17.0 Å². The van der Waals surface area contributed by atoms with Crippen LogP contribution in [0.2, 0.25) is 0 Å². The van der Waals surface area contributed by atoms with Crippen molar-refractivity contribution in [1.82, 2.24) is 24.4 Å². The summed E-state index contributed by atoms with van der Waals surface area (Å²) in [4.78, 5) is 28.6. The number of benzene rings is 1. The van der Waals surface area contributed by atoms with Gasteiger partial charge in [0.15, 0.2) is 5.65 Å². The van der Waals surface area contributed by atoms with Gasteiger partial charge in [0, 0.05) is 37.2 Å². The Labute approximate surface area is 194 Å². The molecule has 1 aliphatic heterocycles. The lowest BCUT2D eigenvalue weighted by Crippen LogP contribution is -2.50. The van der Waals surface area contributed by atoms with E-state index < -0.39 is 6.36 Å². The number of aryl methyl sites for hydroxylation is 2. The Morgan fingerprint density at radius 2 is 1.82 bits per heavy atom. The summed E-state index contributed by atoms with van der Waals surface area (Å²) in [6.07, 6.45) is -0.298. The highest BCUT2D eigenvalue weighted by molar-refractivity contribution is 5.95. The van der Waals surface area contributed by atoms with Gasteiger partial charge in [-0.25, -0.2) is 15.0 Å². The van der Waals surface area contributed by atoms with Crippen LogP contribution in [0.1, 0.15) is 44.3 Å². The van der Waals surface area contributed by atoms with Crippen molar-refractivity contribution < 1.29 is 22.7 Å². The van der Waals surface area contributed by atoms with E-state index >= 15 is 0 Å². The summed E-state index contributed by atoms with van der Waals surface area (Å²) in [6, 6.07) is 5.62. The normalized spacial score (nSPS) is 16.3. The maximum atomic E-state index is 12.6. The van der Waals surface area contributed by atoms with Gasteiger partial charge >= 0.3 is 6.36 Å². The van der Waals surface area contributed by atoms with Gasteiger partial charge < -0.3 is 14.2 Å². The molecule has 0 bridgehead atoms. The zero-order valence-electron chi connectivity index (χ0n) is 18.9. The van der Waals surface area contributed by atoms with E-state index in [1.807, 2.05) is 24.5 Å². The van der Waals surface area contributed by atoms with Crippen LogP contribution < -0.4 is 4.74 Å². The Morgan fingerprint density at radius 1 is 1.12 bits per heavy atom. The fraction of sp³-hybridized carbons (Fsp3) is 0.417. The van der Waals surface area contributed by atoms with E-state index in [2.05, 4.69) is 4.74 Å². The summed E-state index contributed by atoms with van der Waals surface area (Å²) in [5, 5.41) is 0. The number of ether oxygens (including phenoxy) is 1. The number of rotatable bonds is 6. The first-order valence-corrected chi connectivity index (χ1v) is 11.4. The van der Waals surface area contributed by atoms with Gasteiger partial charge in [-0.1, -0.05) is 13.0 Å². The molecule has 2 aromatic heterocycles. The van der Waals surface area contributed by atoms with Crippen molar-refractivity contribution in [1.29, 1.82) is 0 Å². The molecule has 1 aliphatic carbocycles. The van der Waals surface area contributed by atoms with E-state index in [0.717, 1.165) is 24.2 Å². The predicted octanol–water partition coefficient (Wildman–Crippen LogP) is 4.62. The average molecular weight is 471 g/mol. The molecule has 5 rings (SSSR count). The number of alkyl halides is 3. The number of carbonyl (C=O) groups is 1. The molecule has 3 heterocycles. The lowest BCUT2D eigenvalue weighted by molar-refractivity contribution is -0.274. The van der Waals surface area contributed by atoms with Crippen molar-refractivity contribution in [3.8, 4) is 17.0 Å². The zero-order valence-corrected chi connectivity index (χ0v) is 18.9. The number of likely N-dealkylation sites (tertiary alicyclic amines) is 1. The van der Waals surface area contributed by atoms with E-state index in [-0.39, 0.29) is 17.6 Å². The van der Waals surface area contributed by atoms with Crippen LogP contribution >= 0.6 is 0 Å². The monoisotopic (exact) mass is 471 g/mol. The van der Waals surface area contributed by atoms with E-state index in [9.17, 15) is 18.0 Å². The quantitative estimate of drug-likeness (QED) is 0.525. The van der Waals surface area contributed by atoms with Crippen LogP contribution in [0.5, 0.6) is 5.75 Å². The number of aromatic nitrogens is 4. The summed E-state index contributed by atoms with van der Waals surface area (Å²) >= 11 is 0. The number of amides is 1. The van der Waals surface area contributed by atoms with Crippen molar-refractivity contribution in [2.24, 2.45) is 0 Å². The van der Waals surface area contributed by atoms with Gasteiger partial charge in [0.05, 0.1) is 5.92 Å². The first-order chi connectivity index (χ1) is 16.3. The van der Waals surface area contributed by atoms with Crippen molar-refractivity contribution in [3.05, 3.63) is 47.6 Å². The fourth-order valence-corrected chi connectivity index (χ4v) is 4.36. The Balaban J connectivity index is 1.51. The summed E-state index contributed by atoms with van der Waals surface area (Å²) in [7, 11) is 0. The molecule has 0 radical (unpaired) electrons. The lowest BCUT2D eigenvalue weighted by Gasteiger charge is -2.39. The first kappa shape index (κ1) is 22.4. The number of hydrogen-bond donors (Lipinski definition) is 0. The summed E-state index contributed by atoms with van der Waals surface area (Å²) in [5.74, 6) is 1.25. The largest absolute Gasteiger partial charge is 0.573 e. The van der Waals surface area contributed by atoms with Crippen LogP contribution in [0.25, 0.3) is 22.4 Å². The zero-order chi connectivity index (χ0) is 24.0. The third-order valence-electron chi connectivity index (χ3n) is 6.30. The maximum Gasteiger partial charge on any atom is 0.573 e. The molecule has 0 unspecified atom stereocenters. The highest BCUT2D eigenvalue weighted by atomic mass is 19.4. The van der Waals surface area contributed by atoms with Crippen molar-refractivity contribution in [2.75, 3.05) is 13.1 Å². The number of carbonyl (C=O) groups excluding carboxylic acids is 1. The van der Waals surface area contributed by atoms with Gasteiger partial charge in [-0.2, -0.15) is 0 Å². The minimum absolute atomic E-state index is 0.00843. The molecule has 0 saturated carbocycles. The van der Waals surface area contributed by atoms with E-state index in [4.69, 9.17) is 15.0 Å². The standard InChI is InChI=1S/C24H24F3N5O2/c1-3-18-28-20-19(14-8-10-17(11-9-14)34-24(25,26)27)29-21(30-22(20)32(18)4-2)16-12-31(13-16)23(33)15-6-5-7-15/h6,8-11,16H,3-5,7,12-13H2,1-2H3. The number of fused-ring (bicyclic) bond motifs is 1. The second kappa shape index (κ2) is 8.41. The minimum atomic E-state index is -4.75. The minimum Gasteiger partial charge on any atom is -0.406 e. The number of hydrogen-bond acceptors (Lipinski definition) is 5. The molecule has 10 heteroatoms. The molecule has 1 aromatic carbocycles. The SMILES string of the molecule is CCc1nc2c(-c3ccc(OC(F)(F)F)cc3)nc(C3CN(C(=O)C4=CCC4)C3)nc2n1CC. The fourth-order valence-electron chi connectivity index (χ4n) is 4.36. The number of imidazole rings is 1. The van der Waals surface area contributed by atoms with Crippen LogP contribution in [0.4, 0.5) is 13.2 Å². The van der Waals surface area contributed by atoms with Crippen LogP contribution in [0, 0.1) is 0 Å². The van der Waals surface area contributed by atoms with Gasteiger partial charge in [-0.3, -0.25) is 4.79 Å². The van der Waals surface area contributed by atoms with Crippen molar-refractivity contribution in [3.63, 3.8) is 0 Å². The van der Waals surface area contributed by atoms with Crippen LogP contribution in [0.15, 0.2) is 35.9 Å². The highest BCUT2D eigenvalue weighted by Crippen LogP contribution is 2.34. The molecule has 0 atom stereocenters. The molecule has 1 amide bonds. The molecule has 178 valence electrons. The van der Waals surface area contributed by atoms with E-state index in [0.29, 0.717) is 54.3 Å². The summed E-state index contributed by atoms with van der Waals surface area (Å²) in [5.41, 5.74) is 3.36. The Hall–Kier alpha value is -3.43. The Morgan fingerprint density at radius 3 is 2.38 bits per heavy atom. The number of halogens is 3. The summed E-state index contributed by atoms with van der Waals surface area (Å²) in [6.45, 7) is 5.79. The Kier molecular flexibility index (Phi) is 5.53. The van der Waals surface area contributed by atoms with E-state index in [1.165, 1.54) is 12.1 Å². The molecule has 7 nitrogen and oxygen atoms in total. The molecule has 1 saturated heterocycles. The van der Waals surface area contributed by atoms with Crippen LogP contribution in [-0.2, 0) is 17.8 Å². The second-order valence-electron chi connectivity index (χ2n) is 8.48. The van der Waals surface area contributed by atoms with Gasteiger partial charge in [0.25, 0.3) is 0 Å². The topological polar surface area (TPSA) is 73.1 Å². The average Bonchev–Trinajstić information content (AvgIpc) is 3.08. The highest BCUT2D eigenvalue weighted by Gasteiger charge is 2.36. The number of nitrogens with zero attached hydrogens (tertiary/aromatic N) is 5. The molecule has 0 N–H and O–H groups in total.